The van der Waals surface area contributed by atoms with Gasteiger partial charge in [0.25, 0.3) is 5.91 Å². The van der Waals surface area contributed by atoms with E-state index in [-0.39, 0.29) is 29.7 Å². The van der Waals surface area contributed by atoms with E-state index >= 15 is 0 Å². The number of amides is 2. The molecule has 1 aliphatic rings. The molecule has 0 aromatic heterocycles. The highest BCUT2D eigenvalue weighted by molar-refractivity contribution is 5.90. The van der Waals surface area contributed by atoms with Crippen molar-refractivity contribution in [2.24, 2.45) is 0 Å². The number of hydrogen-bond acceptors (Lipinski definition) is 7. The van der Waals surface area contributed by atoms with Crippen LogP contribution < -0.4 is 4.74 Å². The second-order valence-electron chi connectivity index (χ2n) is 5.61. The van der Waals surface area contributed by atoms with Crippen molar-refractivity contribution in [1.29, 1.82) is 0 Å². The Labute approximate surface area is 149 Å². The Morgan fingerprint density at radius 2 is 1.77 bits per heavy atom. The van der Waals surface area contributed by atoms with Gasteiger partial charge in [0, 0.05) is 39.2 Å². The van der Waals surface area contributed by atoms with E-state index in [0.29, 0.717) is 26.2 Å². The maximum Gasteiger partial charge on any atom is 0.338 e. The fraction of sp³-hybridized carbons (Fsp3) is 0.438. The van der Waals surface area contributed by atoms with Crippen LogP contribution in [0.1, 0.15) is 17.3 Å². The zero-order valence-electron chi connectivity index (χ0n) is 14.5. The molecular formula is C16H19N3O7. The van der Waals surface area contributed by atoms with Gasteiger partial charge in [0.15, 0.2) is 12.4 Å². The number of hydrogen-bond donors (Lipinski definition) is 0. The lowest BCUT2D eigenvalue weighted by Crippen LogP contribution is -2.51. The fourth-order valence-corrected chi connectivity index (χ4v) is 2.53. The predicted molar refractivity (Wildman–Crippen MR) is 88.8 cm³/mol. The topological polar surface area (TPSA) is 119 Å². The second kappa shape index (κ2) is 8.28. The Balaban J connectivity index is 2.00. The van der Waals surface area contributed by atoms with Crippen molar-refractivity contribution in [2.45, 2.75) is 6.92 Å². The summed E-state index contributed by atoms with van der Waals surface area (Å²) in [6, 6.07) is 3.62. The third kappa shape index (κ3) is 4.47. The third-order valence-corrected chi connectivity index (χ3v) is 4.01. The lowest BCUT2D eigenvalue weighted by Gasteiger charge is -2.34. The van der Waals surface area contributed by atoms with E-state index in [1.807, 2.05) is 0 Å². The van der Waals surface area contributed by atoms with Gasteiger partial charge in [-0.25, -0.2) is 4.79 Å². The molecule has 0 unspecified atom stereocenters. The summed E-state index contributed by atoms with van der Waals surface area (Å²) in [5.41, 5.74) is -0.416. The van der Waals surface area contributed by atoms with Gasteiger partial charge >= 0.3 is 11.7 Å². The molecule has 26 heavy (non-hydrogen) atoms. The SMILES string of the molecule is COC(=O)c1ccc(OCC(=O)N2CCN(C(C)=O)CC2)c([N+](=O)[O-])c1. The molecule has 0 aliphatic carbocycles. The molecule has 0 N–H and O–H groups in total. The van der Waals surface area contributed by atoms with Gasteiger partial charge in [-0.15, -0.1) is 0 Å². The van der Waals surface area contributed by atoms with Gasteiger partial charge in [0.05, 0.1) is 17.6 Å². The van der Waals surface area contributed by atoms with Gasteiger partial charge in [-0.2, -0.15) is 0 Å². The van der Waals surface area contributed by atoms with E-state index in [9.17, 15) is 24.5 Å². The van der Waals surface area contributed by atoms with Crippen LogP contribution in [0.5, 0.6) is 5.75 Å². The second-order valence-corrected chi connectivity index (χ2v) is 5.61. The number of nitro benzene ring substituents is 1. The van der Waals surface area contributed by atoms with Crippen molar-refractivity contribution in [2.75, 3.05) is 39.9 Å². The molecule has 10 nitrogen and oxygen atoms in total. The first-order valence-corrected chi connectivity index (χ1v) is 7.86. The molecule has 1 fully saturated rings. The summed E-state index contributed by atoms with van der Waals surface area (Å²) < 4.78 is 9.81. The molecule has 1 heterocycles. The average molecular weight is 365 g/mol. The summed E-state index contributed by atoms with van der Waals surface area (Å²) in [6.45, 7) is 2.73. The smallest absolute Gasteiger partial charge is 0.338 e. The molecule has 2 amide bonds. The summed E-state index contributed by atoms with van der Waals surface area (Å²) >= 11 is 0. The number of carbonyl (C=O) groups excluding carboxylic acids is 3. The van der Waals surface area contributed by atoms with Gasteiger partial charge in [-0.1, -0.05) is 0 Å². The van der Waals surface area contributed by atoms with E-state index in [0.717, 1.165) is 6.07 Å². The maximum atomic E-state index is 12.2. The highest BCUT2D eigenvalue weighted by atomic mass is 16.6. The minimum absolute atomic E-state index is 0.0123. The molecule has 0 spiro atoms. The molecule has 1 aromatic carbocycles. The van der Waals surface area contributed by atoms with Crippen molar-refractivity contribution in [3.05, 3.63) is 33.9 Å². The summed E-state index contributed by atoms with van der Waals surface area (Å²) in [5.74, 6) is -1.20. The molecule has 1 aliphatic heterocycles. The molecule has 0 atom stereocenters. The van der Waals surface area contributed by atoms with Crippen molar-refractivity contribution >= 4 is 23.5 Å². The van der Waals surface area contributed by atoms with Gasteiger partial charge in [0.1, 0.15) is 0 Å². The van der Waals surface area contributed by atoms with Gasteiger partial charge < -0.3 is 19.3 Å². The van der Waals surface area contributed by atoms with Crippen molar-refractivity contribution in [3.8, 4) is 5.75 Å². The molecule has 0 radical (unpaired) electrons. The molecule has 1 saturated heterocycles. The van der Waals surface area contributed by atoms with Crippen LogP contribution >= 0.6 is 0 Å². The number of nitro groups is 1. The third-order valence-electron chi connectivity index (χ3n) is 4.01. The van der Waals surface area contributed by atoms with E-state index in [2.05, 4.69) is 4.74 Å². The average Bonchev–Trinajstić information content (AvgIpc) is 2.65. The Morgan fingerprint density at radius 3 is 2.31 bits per heavy atom. The summed E-state index contributed by atoms with van der Waals surface area (Å²) in [5, 5.41) is 11.2. The first kappa shape index (κ1) is 19.2. The van der Waals surface area contributed by atoms with Crippen LogP contribution in [-0.4, -0.2) is 72.4 Å². The first-order valence-electron chi connectivity index (χ1n) is 7.86. The summed E-state index contributed by atoms with van der Waals surface area (Å²) in [6.07, 6.45) is 0. The van der Waals surface area contributed by atoms with Crippen LogP contribution in [0.3, 0.4) is 0 Å². The summed E-state index contributed by atoms with van der Waals surface area (Å²) in [4.78, 5) is 48.6. The number of rotatable bonds is 5. The highest BCUT2D eigenvalue weighted by Crippen LogP contribution is 2.28. The Morgan fingerprint density at radius 1 is 1.15 bits per heavy atom. The lowest BCUT2D eigenvalue weighted by atomic mass is 10.2. The van der Waals surface area contributed by atoms with Crippen LogP contribution in [0.15, 0.2) is 18.2 Å². The van der Waals surface area contributed by atoms with Crippen LogP contribution in [-0.2, 0) is 14.3 Å². The lowest BCUT2D eigenvalue weighted by molar-refractivity contribution is -0.385. The largest absolute Gasteiger partial charge is 0.477 e. The zero-order chi connectivity index (χ0) is 19.3. The number of methoxy groups -OCH3 is 1. The molecular weight excluding hydrogens is 346 g/mol. The van der Waals surface area contributed by atoms with Crippen LogP contribution in [0.2, 0.25) is 0 Å². The summed E-state index contributed by atoms with van der Waals surface area (Å²) in [7, 11) is 1.17. The van der Waals surface area contributed by atoms with Crippen LogP contribution in [0.4, 0.5) is 5.69 Å². The molecule has 1 aromatic rings. The Hall–Kier alpha value is -3.17. The van der Waals surface area contributed by atoms with Crippen molar-refractivity contribution in [3.63, 3.8) is 0 Å². The zero-order valence-corrected chi connectivity index (χ0v) is 14.5. The number of nitrogens with zero attached hydrogens (tertiary/aromatic N) is 3. The van der Waals surface area contributed by atoms with Crippen LogP contribution in [0, 0.1) is 10.1 Å². The standard InChI is InChI=1S/C16H19N3O7/c1-11(20)17-5-7-18(8-6-17)15(21)10-26-14-4-3-12(16(22)25-2)9-13(14)19(23)24/h3-4,9H,5-8,10H2,1-2H3. The number of esters is 1. The fourth-order valence-electron chi connectivity index (χ4n) is 2.53. The number of benzene rings is 1. The van der Waals surface area contributed by atoms with Gasteiger partial charge in [-0.05, 0) is 12.1 Å². The van der Waals surface area contributed by atoms with E-state index < -0.39 is 16.6 Å². The Kier molecular flexibility index (Phi) is 6.10. The molecule has 10 heteroatoms. The quantitative estimate of drug-likeness (QED) is 0.422. The predicted octanol–water partition coefficient (Wildman–Crippen LogP) is 0.451. The molecule has 2 rings (SSSR count). The normalized spacial score (nSPS) is 13.9. The molecule has 140 valence electrons. The van der Waals surface area contributed by atoms with Crippen LogP contribution in [0.25, 0.3) is 0 Å². The van der Waals surface area contributed by atoms with E-state index in [1.165, 1.54) is 31.1 Å². The number of ether oxygens (including phenoxy) is 2. The first-order chi connectivity index (χ1) is 12.3. The van der Waals surface area contributed by atoms with E-state index in [4.69, 9.17) is 4.74 Å². The minimum Gasteiger partial charge on any atom is -0.477 e. The molecule has 0 saturated carbocycles. The maximum absolute atomic E-state index is 12.2. The highest BCUT2D eigenvalue weighted by Gasteiger charge is 2.24. The minimum atomic E-state index is -0.709. The van der Waals surface area contributed by atoms with Crippen molar-refractivity contribution in [1.82, 2.24) is 9.80 Å². The number of piperazine rings is 1. The van der Waals surface area contributed by atoms with Gasteiger partial charge in [0.2, 0.25) is 5.91 Å². The molecule has 0 bridgehead atoms. The number of carbonyl (C=O) groups is 3. The Bertz CT molecular complexity index is 727. The monoisotopic (exact) mass is 365 g/mol. The van der Waals surface area contributed by atoms with E-state index in [1.54, 1.807) is 4.90 Å². The van der Waals surface area contributed by atoms with Crippen molar-refractivity contribution < 1.29 is 28.8 Å². The van der Waals surface area contributed by atoms with Gasteiger partial charge in [-0.3, -0.25) is 19.7 Å².